The molecule has 2 rings (SSSR count). The molecule has 4 heteroatoms. The predicted molar refractivity (Wildman–Crippen MR) is 61.1 cm³/mol. The standard InChI is InChI=1S/C11H18N4/c1-3-10-7-13-11(14-8-10)15-5-4-12-6-9(15)2/h7-9,12H,3-6H2,1-2H3. The largest absolute Gasteiger partial charge is 0.336 e. The van der Waals surface area contributed by atoms with Crippen LogP contribution in [0.3, 0.4) is 0 Å². The van der Waals surface area contributed by atoms with E-state index in [1.807, 2.05) is 12.4 Å². The average molecular weight is 206 g/mol. The van der Waals surface area contributed by atoms with E-state index < -0.39 is 0 Å². The van der Waals surface area contributed by atoms with Crippen molar-refractivity contribution in [3.63, 3.8) is 0 Å². The monoisotopic (exact) mass is 206 g/mol. The van der Waals surface area contributed by atoms with Crippen molar-refractivity contribution in [2.24, 2.45) is 0 Å². The van der Waals surface area contributed by atoms with Crippen molar-refractivity contribution in [3.8, 4) is 0 Å². The van der Waals surface area contributed by atoms with E-state index in [0.717, 1.165) is 32.0 Å². The summed E-state index contributed by atoms with van der Waals surface area (Å²) in [6.07, 6.45) is 4.85. The Morgan fingerprint density at radius 3 is 2.80 bits per heavy atom. The molecule has 1 aromatic heterocycles. The van der Waals surface area contributed by atoms with E-state index in [-0.39, 0.29) is 0 Å². The van der Waals surface area contributed by atoms with Crippen LogP contribution in [0.25, 0.3) is 0 Å². The van der Waals surface area contributed by atoms with Crippen molar-refractivity contribution < 1.29 is 0 Å². The fourth-order valence-corrected chi connectivity index (χ4v) is 1.82. The maximum absolute atomic E-state index is 4.41. The molecule has 0 aromatic carbocycles. The van der Waals surface area contributed by atoms with Crippen LogP contribution in [0.2, 0.25) is 0 Å². The summed E-state index contributed by atoms with van der Waals surface area (Å²) in [5.74, 6) is 0.862. The quantitative estimate of drug-likeness (QED) is 0.778. The molecule has 1 fully saturated rings. The Hall–Kier alpha value is -1.16. The molecule has 1 atom stereocenters. The number of aromatic nitrogens is 2. The number of nitrogens with one attached hydrogen (secondary N) is 1. The first-order valence-corrected chi connectivity index (χ1v) is 5.59. The minimum absolute atomic E-state index is 0.478. The van der Waals surface area contributed by atoms with Gasteiger partial charge in [0.05, 0.1) is 0 Å². The first-order chi connectivity index (χ1) is 7.31. The SMILES string of the molecule is CCc1cnc(N2CCNCC2C)nc1. The lowest BCUT2D eigenvalue weighted by molar-refractivity contribution is 0.493. The molecule has 1 aromatic rings. The van der Waals surface area contributed by atoms with Gasteiger partial charge in [0, 0.05) is 38.1 Å². The van der Waals surface area contributed by atoms with E-state index in [2.05, 4.69) is 34.0 Å². The van der Waals surface area contributed by atoms with E-state index in [0.29, 0.717) is 6.04 Å². The van der Waals surface area contributed by atoms with Crippen molar-refractivity contribution in [2.75, 3.05) is 24.5 Å². The molecule has 4 nitrogen and oxygen atoms in total. The highest BCUT2D eigenvalue weighted by Crippen LogP contribution is 2.12. The van der Waals surface area contributed by atoms with Crippen molar-refractivity contribution in [1.29, 1.82) is 0 Å². The number of nitrogens with zero attached hydrogens (tertiary/aromatic N) is 3. The van der Waals surface area contributed by atoms with Crippen LogP contribution < -0.4 is 10.2 Å². The zero-order valence-electron chi connectivity index (χ0n) is 9.40. The van der Waals surface area contributed by atoms with Gasteiger partial charge in [0.2, 0.25) is 5.95 Å². The molecule has 1 N–H and O–H groups in total. The molecule has 0 aliphatic carbocycles. The Morgan fingerprint density at radius 1 is 1.47 bits per heavy atom. The summed E-state index contributed by atoms with van der Waals surface area (Å²) in [6.45, 7) is 7.34. The summed E-state index contributed by atoms with van der Waals surface area (Å²) >= 11 is 0. The molecule has 1 aliphatic rings. The molecule has 1 unspecified atom stereocenters. The Kier molecular flexibility index (Phi) is 3.16. The van der Waals surface area contributed by atoms with E-state index in [1.54, 1.807) is 0 Å². The zero-order chi connectivity index (χ0) is 10.7. The molecule has 1 aliphatic heterocycles. The Balaban J connectivity index is 2.13. The number of rotatable bonds is 2. The molecule has 2 heterocycles. The molecule has 0 amide bonds. The number of piperazine rings is 1. The lowest BCUT2D eigenvalue weighted by Gasteiger charge is -2.33. The van der Waals surface area contributed by atoms with Crippen LogP contribution >= 0.6 is 0 Å². The molecule has 1 saturated heterocycles. The van der Waals surface area contributed by atoms with Gasteiger partial charge in [-0.3, -0.25) is 0 Å². The topological polar surface area (TPSA) is 41.1 Å². The van der Waals surface area contributed by atoms with Gasteiger partial charge in [-0.1, -0.05) is 6.92 Å². The van der Waals surface area contributed by atoms with Gasteiger partial charge in [0.1, 0.15) is 0 Å². The van der Waals surface area contributed by atoms with Gasteiger partial charge >= 0.3 is 0 Å². The second kappa shape index (κ2) is 4.57. The summed E-state index contributed by atoms with van der Waals surface area (Å²) in [5, 5.41) is 3.36. The lowest BCUT2D eigenvalue weighted by Crippen LogP contribution is -2.50. The second-order valence-electron chi connectivity index (χ2n) is 3.99. The number of hydrogen-bond acceptors (Lipinski definition) is 4. The van der Waals surface area contributed by atoms with E-state index in [4.69, 9.17) is 0 Å². The van der Waals surface area contributed by atoms with Crippen LogP contribution in [-0.4, -0.2) is 35.6 Å². The Morgan fingerprint density at radius 2 is 2.20 bits per heavy atom. The fourth-order valence-electron chi connectivity index (χ4n) is 1.82. The summed E-state index contributed by atoms with van der Waals surface area (Å²) in [7, 11) is 0. The maximum atomic E-state index is 4.41. The molecule has 15 heavy (non-hydrogen) atoms. The van der Waals surface area contributed by atoms with Crippen LogP contribution in [0, 0.1) is 0 Å². The van der Waals surface area contributed by atoms with Crippen LogP contribution in [-0.2, 0) is 6.42 Å². The average Bonchev–Trinajstić information content (AvgIpc) is 2.30. The van der Waals surface area contributed by atoms with Gasteiger partial charge < -0.3 is 10.2 Å². The van der Waals surface area contributed by atoms with Crippen molar-refractivity contribution in [3.05, 3.63) is 18.0 Å². The first kappa shape index (κ1) is 10.4. The molecule has 82 valence electrons. The lowest BCUT2D eigenvalue weighted by atomic mass is 10.2. The molecule has 0 saturated carbocycles. The minimum Gasteiger partial charge on any atom is -0.336 e. The number of aryl methyl sites for hydroxylation is 1. The zero-order valence-corrected chi connectivity index (χ0v) is 9.40. The van der Waals surface area contributed by atoms with E-state index in [1.165, 1.54) is 5.56 Å². The normalized spacial score (nSPS) is 21.7. The highest BCUT2D eigenvalue weighted by molar-refractivity contribution is 5.32. The van der Waals surface area contributed by atoms with Crippen LogP contribution in [0.1, 0.15) is 19.4 Å². The fraction of sp³-hybridized carbons (Fsp3) is 0.636. The first-order valence-electron chi connectivity index (χ1n) is 5.59. The third-order valence-corrected chi connectivity index (χ3v) is 2.86. The highest BCUT2D eigenvalue weighted by Gasteiger charge is 2.19. The van der Waals surface area contributed by atoms with E-state index in [9.17, 15) is 0 Å². The van der Waals surface area contributed by atoms with Crippen LogP contribution in [0.5, 0.6) is 0 Å². The molecular formula is C11H18N4. The summed E-state index contributed by atoms with van der Waals surface area (Å²) in [5.41, 5.74) is 1.20. The van der Waals surface area contributed by atoms with E-state index >= 15 is 0 Å². The molecule has 0 spiro atoms. The van der Waals surface area contributed by atoms with Gasteiger partial charge in [-0.25, -0.2) is 9.97 Å². The van der Waals surface area contributed by atoms with Gasteiger partial charge in [-0.05, 0) is 18.9 Å². The van der Waals surface area contributed by atoms with Gasteiger partial charge in [0.15, 0.2) is 0 Å². The minimum atomic E-state index is 0.478. The smallest absolute Gasteiger partial charge is 0.225 e. The van der Waals surface area contributed by atoms with Crippen LogP contribution in [0.4, 0.5) is 5.95 Å². The van der Waals surface area contributed by atoms with Crippen LogP contribution in [0.15, 0.2) is 12.4 Å². The molecular weight excluding hydrogens is 188 g/mol. The highest BCUT2D eigenvalue weighted by atomic mass is 15.3. The van der Waals surface area contributed by atoms with Crippen molar-refractivity contribution >= 4 is 5.95 Å². The Bertz CT molecular complexity index is 309. The number of anilines is 1. The van der Waals surface area contributed by atoms with Crippen molar-refractivity contribution in [1.82, 2.24) is 15.3 Å². The van der Waals surface area contributed by atoms with Gasteiger partial charge in [-0.15, -0.1) is 0 Å². The van der Waals surface area contributed by atoms with Gasteiger partial charge in [0.25, 0.3) is 0 Å². The summed E-state index contributed by atoms with van der Waals surface area (Å²) in [4.78, 5) is 11.1. The van der Waals surface area contributed by atoms with Gasteiger partial charge in [-0.2, -0.15) is 0 Å². The number of hydrogen-bond donors (Lipinski definition) is 1. The third kappa shape index (κ3) is 2.26. The maximum Gasteiger partial charge on any atom is 0.225 e. The predicted octanol–water partition coefficient (Wildman–Crippen LogP) is 0.837. The third-order valence-electron chi connectivity index (χ3n) is 2.86. The molecule has 0 bridgehead atoms. The summed E-state index contributed by atoms with van der Waals surface area (Å²) in [6, 6.07) is 0.478. The molecule has 0 radical (unpaired) electrons. The summed E-state index contributed by atoms with van der Waals surface area (Å²) < 4.78 is 0. The second-order valence-corrected chi connectivity index (χ2v) is 3.99. The Labute approximate surface area is 90.7 Å². The van der Waals surface area contributed by atoms with Crippen molar-refractivity contribution in [2.45, 2.75) is 26.3 Å².